The van der Waals surface area contributed by atoms with Crippen LogP contribution in [0.4, 0.5) is 0 Å². The van der Waals surface area contributed by atoms with Crippen molar-refractivity contribution in [3.63, 3.8) is 0 Å². The lowest BCUT2D eigenvalue weighted by atomic mass is 10.1. The summed E-state index contributed by atoms with van der Waals surface area (Å²) in [6.45, 7) is 8.21. The molecule has 1 aromatic rings. The lowest BCUT2D eigenvalue weighted by molar-refractivity contribution is 0.144. The summed E-state index contributed by atoms with van der Waals surface area (Å²) in [6, 6.07) is 6.50. The summed E-state index contributed by atoms with van der Waals surface area (Å²) in [4.78, 5) is 0. The number of benzene rings is 1. The number of rotatable bonds is 7. The minimum Gasteiger partial charge on any atom is -0.490 e. The molecule has 0 bridgehead atoms. The van der Waals surface area contributed by atoms with Crippen LogP contribution in [-0.4, -0.2) is 33.0 Å². The lowest BCUT2D eigenvalue weighted by Gasteiger charge is -2.16. The first kappa shape index (κ1) is 15.1. The Kier molecular flexibility index (Phi) is 6.15. The second kappa shape index (κ2) is 8.12. The van der Waals surface area contributed by atoms with E-state index in [1.807, 2.05) is 13.0 Å². The van der Waals surface area contributed by atoms with Crippen molar-refractivity contribution in [3.8, 4) is 11.5 Å². The molecule has 112 valence electrons. The molecule has 2 rings (SSSR count). The van der Waals surface area contributed by atoms with Gasteiger partial charge in [0, 0.05) is 25.7 Å². The lowest BCUT2D eigenvalue weighted by Crippen LogP contribution is -2.21. The highest BCUT2D eigenvalue weighted by molar-refractivity contribution is 5.44. The van der Waals surface area contributed by atoms with Crippen LogP contribution in [0.25, 0.3) is 0 Å². The van der Waals surface area contributed by atoms with Crippen LogP contribution in [0, 0.1) is 0 Å². The van der Waals surface area contributed by atoms with E-state index < -0.39 is 0 Å². The number of ether oxygens (including phenoxy) is 3. The van der Waals surface area contributed by atoms with Gasteiger partial charge in [0.25, 0.3) is 0 Å². The van der Waals surface area contributed by atoms with Crippen LogP contribution >= 0.6 is 0 Å². The summed E-state index contributed by atoms with van der Waals surface area (Å²) < 4.78 is 16.7. The van der Waals surface area contributed by atoms with Crippen molar-refractivity contribution in [2.24, 2.45) is 0 Å². The fourth-order valence-corrected chi connectivity index (χ4v) is 2.20. The molecule has 1 heterocycles. The molecule has 1 aliphatic heterocycles. The van der Waals surface area contributed by atoms with Crippen molar-refractivity contribution < 1.29 is 14.2 Å². The van der Waals surface area contributed by atoms with Gasteiger partial charge in [0.05, 0.1) is 13.2 Å². The molecule has 0 saturated heterocycles. The quantitative estimate of drug-likeness (QED) is 0.779. The van der Waals surface area contributed by atoms with Crippen molar-refractivity contribution >= 4 is 0 Å². The van der Waals surface area contributed by atoms with Gasteiger partial charge >= 0.3 is 0 Å². The summed E-state index contributed by atoms with van der Waals surface area (Å²) in [5.74, 6) is 1.72. The smallest absolute Gasteiger partial charge is 0.161 e. The molecule has 0 fully saturated rings. The van der Waals surface area contributed by atoms with Crippen LogP contribution in [0.2, 0.25) is 0 Å². The highest BCUT2D eigenvalue weighted by atomic mass is 16.5. The Morgan fingerprint density at radius 1 is 1.25 bits per heavy atom. The third kappa shape index (κ3) is 4.39. The molecule has 1 aliphatic rings. The number of fused-ring (bicyclic) bond motifs is 1. The normalized spacial score (nSPS) is 15.7. The maximum Gasteiger partial charge on any atom is 0.161 e. The van der Waals surface area contributed by atoms with Gasteiger partial charge in [-0.25, -0.2) is 0 Å². The number of hydrogen-bond acceptors (Lipinski definition) is 4. The van der Waals surface area contributed by atoms with Gasteiger partial charge in [0.15, 0.2) is 11.5 Å². The molecule has 0 aromatic heterocycles. The highest BCUT2D eigenvalue weighted by Gasteiger charge is 2.13. The van der Waals surface area contributed by atoms with E-state index in [-0.39, 0.29) is 0 Å². The van der Waals surface area contributed by atoms with Crippen LogP contribution in [-0.2, 0) is 4.74 Å². The van der Waals surface area contributed by atoms with Gasteiger partial charge in [-0.2, -0.15) is 0 Å². The van der Waals surface area contributed by atoms with E-state index in [1.165, 1.54) is 5.56 Å². The van der Waals surface area contributed by atoms with E-state index in [2.05, 4.69) is 24.4 Å². The van der Waals surface area contributed by atoms with Crippen molar-refractivity contribution in [3.05, 3.63) is 23.8 Å². The summed E-state index contributed by atoms with van der Waals surface area (Å²) in [5.41, 5.74) is 1.23. The average molecular weight is 279 g/mol. The molecule has 20 heavy (non-hydrogen) atoms. The van der Waals surface area contributed by atoms with Gasteiger partial charge in [-0.3, -0.25) is 0 Å². The van der Waals surface area contributed by atoms with Gasteiger partial charge in [0.2, 0.25) is 0 Å². The Bertz CT molecular complexity index is 409. The van der Waals surface area contributed by atoms with Crippen molar-refractivity contribution in [2.75, 3.05) is 33.0 Å². The monoisotopic (exact) mass is 279 g/mol. The zero-order valence-corrected chi connectivity index (χ0v) is 12.5. The van der Waals surface area contributed by atoms with Gasteiger partial charge in [-0.05, 0) is 44.5 Å². The molecule has 0 amide bonds. The van der Waals surface area contributed by atoms with E-state index in [9.17, 15) is 0 Å². The van der Waals surface area contributed by atoms with Crippen LogP contribution < -0.4 is 14.8 Å². The molecule has 0 saturated carbocycles. The first-order chi connectivity index (χ1) is 9.81. The van der Waals surface area contributed by atoms with Gasteiger partial charge < -0.3 is 19.5 Å². The molecular weight excluding hydrogens is 254 g/mol. The standard InChI is InChI=1S/C16H25NO3/c1-3-18-9-4-8-17-13(2)14-6-7-15-16(12-14)20-11-5-10-19-15/h6-7,12-13,17H,3-5,8-11H2,1-2H3. The van der Waals surface area contributed by atoms with Gasteiger partial charge in [-0.15, -0.1) is 0 Å². The van der Waals surface area contributed by atoms with Crippen molar-refractivity contribution in [1.29, 1.82) is 0 Å². The zero-order valence-electron chi connectivity index (χ0n) is 12.5. The van der Waals surface area contributed by atoms with E-state index in [1.54, 1.807) is 0 Å². The van der Waals surface area contributed by atoms with Crippen LogP contribution in [0.5, 0.6) is 11.5 Å². The molecule has 0 radical (unpaired) electrons. The maximum atomic E-state index is 5.72. The van der Waals surface area contributed by atoms with Crippen LogP contribution in [0.1, 0.15) is 38.3 Å². The zero-order chi connectivity index (χ0) is 14.2. The van der Waals surface area contributed by atoms with Gasteiger partial charge in [0.1, 0.15) is 0 Å². The minimum absolute atomic E-state index is 0.300. The first-order valence-corrected chi connectivity index (χ1v) is 7.52. The molecular formula is C16H25NO3. The predicted molar refractivity (Wildman–Crippen MR) is 79.6 cm³/mol. The number of hydrogen-bond donors (Lipinski definition) is 1. The Labute approximate surface area is 121 Å². The average Bonchev–Trinajstić information content (AvgIpc) is 2.71. The molecule has 4 heteroatoms. The third-order valence-corrected chi connectivity index (χ3v) is 3.39. The summed E-state index contributed by atoms with van der Waals surface area (Å²) in [7, 11) is 0. The fourth-order valence-electron chi connectivity index (χ4n) is 2.20. The largest absolute Gasteiger partial charge is 0.490 e. The molecule has 0 spiro atoms. The minimum atomic E-state index is 0.300. The van der Waals surface area contributed by atoms with E-state index in [4.69, 9.17) is 14.2 Å². The molecule has 1 atom stereocenters. The second-order valence-corrected chi connectivity index (χ2v) is 4.98. The molecule has 1 unspecified atom stereocenters. The molecule has 1 N–H and O–H groups in total. The maximum absolute atomic E-state index is 5.72. The van der Waals surface area contributed by atoms with Crippen LogP contribution in [0.3, 0.4) is 0 Å². The van der Waals surface area contributed by atoms with Crippen molar-refractivity contribution in [1.82, 2.24) is 5.32 Å². The van der Waals surface area contributed by atoms with Gasteiger partial charge in [-0.1, -0.05) is 6.07 Å². The fraction of sp³-hybridized carbons (Fsp3) is 0.625. The van der Waals surface area contributed by atoms with Crippen LogP contribution in [0.15, 0.2) is 18.2 Å². The topological polar surface area (TPSA) is 39.7 Å². The summed E-state index contributed by atoms with van der Waals surface area (Å²) in [6.07, 6.45) is 1.97. The predicted octanol–water partition coefficient (Wildman–Crippen LogP) is 2.93. The Morgan fingerprint density at radius 3 is 2.85 bits per heavy atom. The van der Waals surface area contributed by atoms with E-state index in [0.717, 1.165) is 57.3 Å². The molecule has 1 aromatic carbocycles. The number of nitrogens with one attached hydrogen (secondary N) is 1. The second-order valence-electron chi connectivity index (χ2n) is 4.98. The Morgan fingerprint density at radius 2 is 2.05 bits per heavy atom. The third-order valence-electron chi connectivity index (χ3n) is 3.39. The van der Waals surface area contributed by atoms with E-state index in [0.29, 0.717) is 6.04 Å². The summed E-state index contributed by atoms with van der Waals surface area (Å²) in [5, 5.41) is 3.50. The SMILES string of the molecule is CCOCCCNC(C)c1ccc2c(c1)OCCCO2. The molecule has 0 aliphatic carbocycles. The summed E-state index contributed by atoms with van der Waals surface area (Å²) >= 11 is 0. The van der Waals surface area contributed by atoms with Crippen molar-refractivity contribution in [2.45, 2.75) is 32.7 Å². The highest BCUT2D eigenvalue weighted by Crippen LogP contribution is 2.32. The Hall–Kier alpha value is -1.26. The van der Waals surface area contributed by atoms with E-state index >= 15 is 0 Å². The first-order valence-electron chi connectivity index (χ1n) is 7.52. The molecule has 4 nitrogen and oxygen atoms in total. The Balaban J connectivity index is 1.86.